The normalized spacial score (nSPS) is 14.0. The second kappa shape index (κ2) is 7.94. The van der Waals surface area contributed by atoms with Crippen LogP contribution in [0.3, 0.4) is 0 Å². The van der Waals surface area contributed by atoms with Gasteiger partial charge in [0.15, 0.2) is 0 Å². The van der Waals surface area contributed by atoms with Crippen molar-refractivity contribution in [2.45, 2.75) is 46.6 Å². The van der Waals surface area contributed by atoms with Crippen molar-refractivity contribution in [1.29, 1.82) is 0 Å². The summed E-state index contributed by atoms with van der Waals surface area (Å²) in [5, 5.41) is 3.02. The van der Waals surface area contributed by atoms with Crippen LogP contribution in [0.2, 0.25) is 0 Å². The number of rotatable bonds is 5. The van der Waals surface area contributed by atoms with E-state index >= 15 is 0 Å². The zero-order valence-electron chi connectivity index (χ0n) is 16.2. The first-order valence-corrected chi connectivity index (χ1v) is 9.62. The van der Waals surface area contributed by atoms with Gasteiger partial charge < -0.3 is 10.2 Å². The molecule has 26 heavy (non-hydrogen) atoms. The molecule has 1 amide bonds. The standard InChI is InChI=1S/C23H30N2O/c1-23(2,3)22(26)24-15-6-7-18-10-12-21(13-11-18)25-16-14-19-8-4-5-9-20(19)17-25/h4-5,8-13H,6-7,14-17H2,1-3H3,(H,24,26). The number of benzene rings is 2. The molecule has 1 aliphatic rings. The van der Waals surface area contributed by atoms with Gasteiger partial charge in [-0.3, -0.25) is 4.79 Å². The summed E-state index contributed by atoms with van der Waals surface area (Å²) in [6.45, 7) is 8.64. The second-order valence-electron chi connectivity index (χ2n) is 8.22. The van der Waals surface area contributed by atoms with E-state index in [1.54, 1.807) is 0 Å². The third kappa shape index (κ3) is 4.66. The van der Waals surface area contributed by atoms with Crippen molar-refractivity contribution in [1.82, 2.24) is 5.32 Å². The molecule has 1 aliphatic heterocycles. The molecule has 3 rings (SSSR count). The number of nitrogens with one attached hydrogen (secondary N) is 1. The van der Waals surface area contributed by atoms with Crippen LogP contribution in [0, 0.1) is 5.41 Å². The summed E-state index contributed by atoms with van der Waals surface area (Å²) in [5.74, 6) is 0.123. The lowest BCUT2D eigenvalue weighted by atomic mass is 9.95. The lowest BCUT2D eigenvalue weighted by molar-refractivity contribution is -0.128. The SMILES string of the molecule is CC(C)(C)C(=O)NCCCc1ccc(N2CCc3ccccc3C2)cc1. The maximum absolute atomic E-state index is 11.9. The summed E-state index contributed by atoms with van der Waals surface area (Å²) in [4.78, 5) is 14.3. The summed E-state index contributed by atoms with van der Waals surface area (Å²) in [7, 11) is 0. The third-order valence-corrected chi connectivity index (χ3v) is 5.04. The molecule has 0 unspecified atom stereocenters. The van der Waals surface area contributed by atoms with E-state index in [1.807, 2.05) is 20.8 Å². The number of fused-ring (bicyclic) bond motifs is 1. The Hall–Kier alpha value is -2.29. The fraction of sp³-hybridized carbons (Fsp3) is 0.435. The molecule has 0 fully saturated rings. The summed E-state index contributed by atoms with van der Waals surface area (Å²) in [5.41, 5.74) is 5.24. The molecular weight excluding hydrogens is 320 g/mol. The molecule has 0 saturated carbocycles. The maximum Gasteiger partial charge on any atom is 0.225 e. The van der Waals surface area contributed by atoms with Crippen LogP contribution in [0.15, 0.2) is 48.5 Å². The summed E-state index contributed by atoms with van der Waals surface area (Å²) in [6.07, 6.45) is 3.08. The van der Waals surface area contributed by atoms with Crippen molar-refractivity contribution in [3.63, 3.8) is 0 Å². The Balaban J connectivity index is 1.49. The van der Waals surface area contributed by atoms with Gasteiger partial charge in [-0.15, -0.1) is 0 Å². The van der Waals surface area contributed by atoms with Crippen LogP contribution >= 0.6 is 0 Å². The Bertz CT molecular complexity index is 744. The minimum Gasteiger partial charge on any atom is -0.367 e. The van der Waals surface area contributed by atoms with E-state index in [0.29, 0.717) is 0 Å². The van der Waals surface area contributed by atoms with Crippen LogP contribution in [0.25, 0.3) is 0 Å². The quantitative estimate of drug-likeness (QED) is 0.814. The molecule has 2 aromatic rings. The third-order valence-electron chi connectivity index (χ3n) is 5.04. The van der Waals surface area contributed by atoms with Crippen LogP contribution in [0.1, 0.15) is 43.9 Å². The van der Waals surface area contributed by atoms with Crippen molar-refractivity contribution in [3.8, 4) is 0 Å². The topological polar surface area (TPSA) is 32.3 Å². The number of amides is 1. The molecule has 0 aliphatic carbocycles. The predicted molar refractivity (Wildman–Crippen MR) is 108 cm³/mol. The van der Waals surface area contributed by atoms with E-state index in [-0.39, 0.29) is 11.3 Å². The van der Waals surface area contributed by atoms with Gasteiger partial charge in [-0.1, -0.05) is 57.2 Å². The van der Waals surface area contributed by atoms with Gasteiger partial charge in [-0.2, -0.15) is 0 Å². The van der Waals surface area contributed by atoms with Crippen LogP contribution in [-0.4, -0.2) is 19.0 Å². The second-order valence-corrected chi connectivity index (χ2v) is 8.22. The lowest BCUT2D eigenvalue weighted by Crippen LogP contribution is -2.35. The Morgan fingerprint density at radius 2 is 1.73 bits per heavy atom. The Labute approximate surface area is 157 Å². The summed E-state index contributed by atoms with van der Waals surface area (Å²) >= 11 is 0. The number of aryl methyl sites for hydroxylation is 1. The van der Waals surface area contributed by atoms with Crippen molar-refractivity contribution in [3.05, 3.63) is 65.2 Å². The number of hydrogen-bond acceptors (Lipinski definition) is 2. The molecule has 0 saturated heterocycles. The molecule has 0 bridgehead atoms. The van der Waals surface area contributed by atoms with Crippen LogP contribution in [0.4, 0.5) is 5.69 Å². The Morgan fingerprint density at radius 1 is 1.04 bits per heavy atom. The minimum absolute atomic E-state index is 0.123. The van der Waals surface area contributed by atoms with Gasteiger partial charge in [0.2, 0.25) is 5.91 Å². The summed E-state index contributed by atoms with van der Waals surface area (Å²) < 4.78 is 0. The zero-order valence-corrected chi connectivity index (χ0v) is 16.2. The lowest BCUT2D eigenvalue weighted by Gasteiger charge is -2.30. The van der Waals surface area contributed by atoms with Gasteiger partial charge >= 0.3 is 0 Å². The Morgan fingerprint density at radius 3 is 2.42 bits per heavy atom. The molecule has 1 N–H and O–H groups in total. The predicted octanol–water partition coefficient (Wildman–Crippen LogP) is 4.34. The number of carbonyl (C=O) groups is 1. The van der Waals surface area contributed by atoms with E-state index in [4.69, 9.17) is 0 Å². The minimum atomic E-state index is -0.311. The van der Waals surface area contributed by atoms with Gasteiger partial charge in [0.1, 0.15) is 0 Å². The van der Waals surface area contributed by atoms with Crippen molar-refractivity contribution >= 4 is 11.6 Å². The van der Waals surface area contributed by atoms with Gasteiger partial charge in [0, 0.05) is 30.7 Å². The fourth-order valence-corrected chi connectivity index (χ4v) is 3.35. The molecule has 138 valence electrons. The first kappa shape index (κ1) is 18.5. The maximum atomic E-state index is 11.9. The number of carbonyl (C=O) groups excluding carboxylic acids is 1. The number of anilines is 1. The zero-order chi connectivity index (χ0) is 18.6. The monoisotopic (exact) mass is 350 g/mol. The fourth-order valence-electron chi connectivity index (χ4n) is 3.35. The van der Waals surface area contributed by atoms with Crippen molar-refractivity contribution < 1.29 is 4.79 Å². The Kier molecular flexibility index (Phi) is 5.65. The highest BCUT2D eigenvalue weighted by Gasteiger charge is 2.20. The molecule has 3 heteroatoms. The van der Waals surface area contributed by atoms with Crippen LogP contribution in [0.5, 0.6) is 0 Å². The van der Waals surface area contributed by atoms with Crippen LogP contribution < -0.4 is 10.2 Å². The average Bonchev–Trinajstić information content (AvgIpc) is 2.64. The van der Waals surface area contributed by atoms with Gasteiger partial charge in [0.05, 0.1) is 0 Å². The first-order chi connectivity index (χ1) is 12.4. The van der Waals surface area contributed by atoms with E-state index in [2.05, 4.69) is 58.7 Å². The smallest absolute Gasteiger partial charge is 0.225 e. The van der Waals surface area contributed by atoms with Crippen molar-refractivity contribution in [2.24, 2.45) is 5.41 Å². The van der Waals surface area contributed by atoms with Gasteiger partial charge in [-0.25, -0.2) is 0 Å². The highest BCUT2D eigenvalue weighted by Crippen LogP contribution is 2.24. The number of nitrogens with zero attached hydrogens (tertiary/aromatic N) is 1. The molecule has 1 heterocycles. The van der Waals surface area contributed by atoms with E-state index in [9.17, 15) is 4.79 Å². The first-order valence-electron chi connectivity index (χ1n) is 9.62. The van der Waals surface area contributed by atoms with E-state index in [1.165, 1.54) is 22.4 Å². The van der Waals surface area contributed by atoms with Crippen LogP contribution in [-0.2, 0) is 24.2 Å². The highest BCUT2D eigenvalue weighted by atomic mass is 16.2. The highest BCUT2D eigenvalue weighted by molar-refractivity contribution is 5.81. The molecule has 0 atom stereocenters. The van der Waals surface area contributed by atoms with Gasteiger partial charge in [-0.05, 0) is 48.1 Å². The van der Waals surface area contributed by atoms with E-state index < -0.39 is 0 Å². The summed E-state index contributed by atoms with van der Waals surface area (Å²) in [6, 6.07) is 17.7. The van der Waals surface area contributed by atoms with Gasteiger partial charge in [0.25, 0.3) is 0 Å². The molecule has 0 aromatic heterocycles. The number of hydrogen-bond donors (Lipinski definition) is 1. The molecule has 0 radical (unpaired) electrons. The molecule has 2 aromatic carbocycles. The largest absolute Gasteiger partial charge is 0.367 e. The van der Waals surface area contributed by atoms with Crippen molar-refractivity contribution in [2.75, 3.05) is 18.0 Å². The molecular formula is C23H30N2O. The average molecular weight is 351 g/mol. The molecule has 3 nitrogen and oxygen atoms in total. The molecule has 0 spiro atoms. The van der Waals surface area contributed by atoms with E-state index in [0.717, 1.165) is 38.9 Å².